The molecule has 12 heteroatoms. The van der Waals surface area contributed by atoms with E-state index in [0.29, 0.717) is 19.6 Å². The van der Waals surface area contributed by atoms with Gasteiger partial charge in [0.15, 0.2) is 0 Å². The van der Waals surface area contributed by atoms with Gasteiger partial charge in [-0.05, 0) is 58.8 Å². The number of nitrogens with two attached hydrogens (primary N) is 1. The van der Waals surface area contributed by atoms with Crippen molar-refractivity contribution in [2.75, 3.05) is 32.7 Å². The predicted molar refractivity (Wildman–Crippen MR) is 153 cm³/mol. The van der Waals surface area contributed by atoms with Crippen LogP contribution in [0.4, 0.5) is 4.79 Å². The Labute approximate surface area is 244 Å². The Morgan fingerprint density at radius 1 is 1.02 bits per heavy atom. The smallest absolute Gasteiger partial charge is 0.410 e. The monoisotopic (exact) mass is 581 g/mol. The molecule has 2 aliphatic heterocycles. The second-order valence-electron chi connectivity index (χ2n) is 13.8. The quantitative estimate of drug-likeness (QED) is 0.367. The number of ether oxygens (including phenoxy) is 2. The van der Waals surface area contributed by atoms with E-state index in [0.717, 1.165) is 25.7 Å². The number of β-amino-alcohol motifs (C(OH)–C–C–N with tert-alkyl or cyclic N) is 1. The molecule has 234 valence electrons. The van der Waals surface area contributed by atoms with Crippen LogP contribution in [-0.4, -0.2) is 118 Å². The number of rotatable bonds is 9. The van der Waals surface area contributed by atoms with E-state index < -0.39 is 41.0 Å². The van der Waals surface area contributed by atoms with Crippen molar-refractivity contribution in [2.45, 2.75) is 123 Å². The number of aliphatic hydroxyl groups excluding tert-OH is 1. The van der Waals surface area contributed by atoms with E-state index in [-0.39, 0.29) is 49.8 Å². The van der Waals surface area contributed by atoms with E-state index in [1.807, 2.05) is 48.5 Å². The summed E-state index contributed by atoms with van der Waals surface area (Å²) >= 11 is 0. The van der Waals surface area contributed by atoms with Crippen molar-refractivity contribution in [1.82, 2.24) is 20.0 Å². The maximum absolute atomic E-state index is 13.4. The van der Waals surface area contributed by atoms with Gasteiger partial charge >= 0.3 is 6.09 Å². The normalized spacial score (nSPS) is 26.7. The first-order valence-electron chi connectivity index (χ1n) is 14.9. The summed E-state index contributed by atoms with van der Waals surface area (Å²) < 4.78 is 11.8. The van der Waals surface area contributed by atoms with Crippen molar-refractivity contribution in [2.24, 2.45) is 11.1 Å². The lowest BCUT2D eigenvalue weighted by molar-refractivity contribution is -0.143. The van der Waals surface area contributed by atoms with Crippen LogP contribution in [-0.2, 0) is 23.9 Å². The summed E-state index contributed by atoms with van der Waals surface area (Å²) in [6, 6.07) is -1.62. The van der Waals surface area contributed by atoms with Crippen LogP contribution in [0, 0.1) is 5.41 Å². The average Bonchev–Trinajstić information content (AvgIpc) is 3.22. The van der Waals surface area contributed by atoms with Gasteiger partial charge in [-0.15, -0.1) is 0 Å². The molecule has 2 heterocycles. The van der Waals surface area contributed by atoms with Gasteiger partial charge in [-0.3, -0.25) is 19.3 Å². The van der Waals surface area contributed by atoms with Gasteiger partial charge in [-0.2, -0.15) is 0 Å². The standard InChI is InChI=1S/C29H51N5O7/c1-8-33(27(39)41-29(5,6)7)18-13-21(14-18)40-20-9-11-32(12-10-20)17-23(36)31-24(28(2,3)4)26(38)34-16-19(35)15-22(34)25(30)37/h18-22,24,35H,8-17H2,1-7H3,(H2,30,37)(H,31,36)/t18?,19-,21?,22+,24+/m1/s1. The zero-order chi connectivity index (χ0) is 30.7. The van der Waals surface area contributed by atoms with E-state index in [1.165, 1.54) is 4.90 Å². The number of piperidine rings is 1. The van der Waals surface area contributed by atoms with Crippen molar-refractivity contribution in [3.8, 4) is 0 Å². The van der Waals surface area contributed by atoms with Crippen molar-refractivity contribution >= 4 is 23.8 Å². The number of aliphatic hydroxyl groups is 1. The maximum atomic E-state index is 13.4. The van der Waals surface area contributed by atoms with Crippen LogP contribution in [0.25, 0.3) is 0 Å². The lowest BCUT2D eigenvalue weighted by Crippen LogP contribution is -2.58. The molecule has 3 fully saturated rings. The minimum atomic E-state index is -0.883. The molecule has 0 radical (unpaired) electrons. The molecule has 0 spiro atoms. The molecule has 1 saturated carbocycles. The fourth-order valence-corrected chi connectivity index (χ4v) is 5.79. The summed E-state index contributed by atoms with van der Waals surface area (Å²) in [5.74, 6) is -1.34. The third kappa shape index (κ3) is 9.02. The fraction of sp³-hybridized carbons (Fsp3) is 0.862. The molecule has 4 amide bonds. The second kappa shape index (κ2) is 13.2. The minimum absolute atomic E-state index is 0.0155. The number of carbonyl (C=O) groups excluding carboxylic acids is 4. The first-order chi connectivity index (χ1) is 19.0. The molecule has 12 nitrogen and oxygen atoms in total. The maximum Gasteiger partial charge on any atom is 0.410 e. The van der Waals surface area contributed by atoms with E-state index in [9.17, 15) is 24.3 Å². The highest BCUT2D eigenvalue weighted by Crippen LogP contribution is 2.32. The Kier molecular flexibility index (Phi) is 10.7. The van der Waals surface area contributed by atoms with Crippen molar-refractivity contribution in [3.05, 3.63) is 0 Å². The van der Waals surface area contributed by atoms with Gasteiger partial charge < -0.3 is 35.4 Å². The van der Waals surface area contributed by atoms with Crippen LogP contribution < -0.4 is 11.1 Å². The van der Waals surface area contributed by atoms with Crippen molar-refractivity contribution in [3.63, 3.8) is 0 Å². The van der Waals surface area contributed by atoms with Crippen LogP contribution in [0.15, 0.2) is 0 Å². The molecule has 0 unspecified atom stereocenters. The number of nitrogens with zero attached hydrogens (tertiary/aromatic N) is 3. The number of likely N-dealkylation sites (tertiary alicyclic amines) is 2. The largest absolute Gasteiger partial charge is 0.444 e. The van der Waals surface area contributed by atoms with Gasteiger partial charge in [-0.1, -0.05) is 20.8 Å². The van der Waals surface area contributed by atoms with Crippen LogP contribution in [0.2, 0.25) is 0 Å². The fourth-order valence-electron chi connectivity index (χ4n) is 5.79. The highest BCUT2D eigenvalue weighted by atomic mass is 16.6. The Morgan fingerprint density at radius 2 is 1.63 bits per heavy atom. The first kappa shape index (κ1) is 33.1. The van der Waals surface area contributed by atoms with Gasteiger partial charge in [-0.25, -0.2) is 4.79 Å². The van der Waals surface area contributed by atoms with E-state index in [2.05, 4.69) is 10.2 Å². The molecule has 0 aromatic rings. The molecule has 2 saturated heterocycles. The highest BCUT2D eigenvalue weighted by Gasteiger charge is 2.44. The topological polar surface area (TPSA) is 155 Å². The van der Waals surface area contributed by atoms with E-state index >= 15 is 0 Å². The van der Waals surface area contributed by atoms with Crippen molar-refractivity contribution in [1.29, 1.82) is 0 Å². The highest BCUT2D eigenvalue weighted by molar-refractivity contribution is 5.93. The Hall–Kier alpha value is -2.44. The van der Waals surface area contributed by atoms with Gasteiger partial charge in [0.25, 0.3) is 0 Å². The lowest BCUT2D eigenvalue weighted by atomic mass is 9.85. The molecule has 4 N–H and O–H groups in total. The number of amides is 4. The number of primary amides is 1. The number of nitrogens with one attached hydrogen (secondary N) is 1. The van der Waals surface area contributed by atoms with Gasteiger partial charge in [0.05, 0.1) is 24.9 Å². The number of hydrogen-bond acceptors (Lipinski definition) is 8. The molecule has 41 heavy (non-hydrogen) atoms. The summed E-state index contributed by atoms with van der Waals surface area (Å²) in [6.07, 6.45) is 2.40. The number of carbonyl (C=O) groups is 4. The Bertz CT molecular complexity index is 948. The minimum Gasteiger partial charge on any atom is -0.444 e. The van der Waals surface area contributed by atoms with E-state index in [1.54, 1.807) is 4.90 Å². The summed E-state index contributed by atoms with van der Waals surface area (Å²) in [6.45, 7) is 15.3. The van der Waals surface area contributed by atoms with E-state index in [4.69, 9.17) is 15.2 Å². The van der Waals surface area contributed by atoms with Crippen LogP contribution in [0.1, 0.15) is 80.6 Å². The second-order valence-corrected chi connectivity index (χ2v) is 13.8. The van der Waals surface area contributed by atoms with Crippen LogP contribution >= 0.6 is 0 Å². The molecule has 3 atom stereocenters. The lowest BCUT2D eigenvalue weighted by Gasteiger charge is -2.44. The summed E-state index contributed by atoms with van der Waals surface area (Å²) in [5.41, 5.74) is 4.33. The third-order valence-corrected chi connectivity index (χ3v) is 8.07. The SMILES string of the molecule is CCN(C(=O)OC(C)(C)C)C1CC(OC2CCN(CC(=O)N[C@@H](C(=O)N3C[C@H](O)C[C@H]3C(N)=O)C(C)(C)C)CC2)C1. The zero-order valence-electron chi connectivity index (χ0n) is 25.9. The number of hydrogen-bond donors (Lipinski definition) is 3. The first-order valence-corrected chi connectivity index (χ1v) is 14.9. The summed E-state index contributed by atoms with van der Waals surface area (Å²) in [4.78, 5) is 55.9. The molecule has 1 aliphatic carbocycles. The van der Waals surface area contributed by atoms with Gasteiger partial charge in [0.2, 0.25) is 17.7 Å². The van der Waals surface area contributed by atoms with Crippen LogP contribution in [0.5, 0.6) is 0 Å². The molecular weight excluding hydrogens is 530 g/mol. The Balaban J connectivity index is 1.44. The summed E-state index contributed by atoms with van der Waals surface area (Å²) in [5, 5.41) is 12.9. The zero-order valence-corrected chi connectivity index (χ0v) is 25.9. The molecular formula is C29H51N5O7. The molecule has 3 aliphatic rings. The molecule has 3 rings (SSSR count). The summed E-state index contributed by atoms with van der Waals surface area (Å²) in [7, 11) is 0. The van der Waals surface area contributed by atoms with Gasteiger partial charge in [0.1, 0.15) is 17.7 Å². The third-order valence-electron chi connectivity index (χ3n) is 8.07. The van der Waals surface area contributed by atoms with Gasteiger partial charge in [0, 0.05) is 38.6 Å². The van der Waals surface area contributed by atoms with Crippen molar-refractivity contribution < 1.29 is 33.8 Å². The predicted octanol–water partition coefficient (Wildman–Crippen LogP) is 1.23. The molecule has 0 aromatic carbocycles. The average molecular weight is 582 g/mol. The molecule has 0 aromatic heterocycles. The van der Waals surface area contributed by atoms with Crippen LogP contribution in [0.3, 0.4) is 0 Å². The Morgan fingerprint density at radius 3 is 2.15 bits per heavy atom. The molecule has 0 bridgehead atoms.